The highest BCUT2D eigenvalue weighted by molar-refractivity contribution is 5.88. The van der Waals surface area contributed by atoms with Gasteiger partial charge in [0.15, 0.2) is 0 Å². The Bertz CT molecular complexity index is 870. The van der Waals surface area contributed by atoms with E-state index in [2.05, 4.69) is 5.32 Å². The average molecular weight is 330 g/mol. The van der Waals surface area contributed by atoms with Crippen LogP contribution in [0.25, 0.3) is 10.9 Å². The number of nitrogens with zero attached hydrogens (tertiary/aromatic N) is 1. The number of amides is 1. The molecule has 1 heterocycles. The van der Waals surface area contributed by atoms with Crippen molar-refractivity contribution in [3.8, 4) is 5.75 Å². The molecule has 0 radical (unpaired) electrons. The third-order valence-electron chi connectivity index (χ3n) is 3.83. The maximum absolute atomic E-state index is 13.6. The number of methoxy groups -OCH3 is 1. The summed E-state index contributed by atoms with van der Waals surface area (Å²) in [6.45, 7) is -0.146. The lowest BCUT2D eigenvalue weighted by atomic mass is 10.2. The van der Waals surface area contributed by atoms with Gasteiger partial charge in [0.05, 0.1) is 12.6 Å². The molecule has 1 N–H and O–H groups in total. The zero-order valence-electron chi connectivity index (χ0n) is 13.1. The summed E-state index contributed by atoms with van der Waals surface area (Å²) in [6, 6.07) is 11.0. The van der Waals surface area contributed by atoms with Gasteiger partial charge in [-0.15, -0.1) is 0 Å². The average Bonchev–Trinajstić information content (AvgIpc) is 2.97. The summed E-state index contributed by atoms with van der Waals surface area (Å²) in [7, 11) is 1.59. The van der Waals surface area contributed by atoms with Crippen molar-refractivity contribution >= 4 is 16.8 Å². The van der Waals surface area contributed by atoms with Crippen molar-refractivity contribution in [1.82, 2.24) is 9.88 Å². The van der Waals surface area contributed by atoms with Crippen LogP contribution in [0.3, 0.4) is 0 Å². The second-order valence-electron chi connectivity index (χ2n) is 5.31. The lowest BCUT2D eigenvalue weighted by Crippen LogP contribution is -2.27. The Hall–Kier alpha value is -2.89. The van der Waals surface area contributed by atoms with E-state index in [1.54, 1.807) is 17.9 Å². The first kappa shape index (κ1) is 16.0. The van der Waals surface area contributed by atoms with Crippen LogP contribution in [-0.4, -0.2) is 17.6 Å². The SMILES string of the molecule is COc1cccc2c1ccn2CC(=O)NCc1c(F)cccc1F. The predicted octanol–water partition coefficient (Wildman–Crippen LogP) is 3.24. The first-order valence-corrected chi connectivity index (χ1v) is 7.41. The van der Waals surface area contributed by atoms with E-state index in [-0.39, 0.29) is 24.6 Å². The van der Waals surface area contributed by atoms with Gasteiger partial charge >= 0.3 is 0 Å². The van der Waals surface area contributed by atoms with E-state index < -0.39 is 11.6 Å². The lowest BCUT2D eigenvalue weighted by molar-refractivity contribution is -0.121. The fraction of sp³-hybridized carbons (Fsp3) is 0.167. The second-order valence-corrected chi connectivity index (χ2v) is 5.31. The van der Waals surface area contributed by atoms with E-state index in [1.807, 2.05) is 24.3 Å². The molecule has 3 aromatic rings. The van der Waals surface area contributed by atoms with Crippen LogP contribution < -0.4 is 10.1 Å². The molecule has 0 saturated carbocycles. The molecule has 0 aliphatic carbocycles. The number of rotatable bonds is 5. The standard InChI is InChI=1S/C18H16F2N2O2/c1-24-17-7-3-6-16-12(17)8-9-22(16)11-18(23)21-10-13-14(19)4-2-5-15(13)20/h2-9H,10-11H2,1H3,(H,21,23). The highest BCUT2D eigenvalue weighted by atomic mass is 19.1. The third-order valence-corrected chi connectivity index (χ3v) is 3.83. The Balaban J connectivity index is 1.72. The number of aromatic nitrogens is 1. The zero-order chi connectivity index (χ0) is 17.1. The molecule has 4 nitrogen and oxygen atoms in total. The maximum atomic E-state index is 13.6. The Morgan fingerprint density at radius 3 is 2.54 bits per heavy atom. The van der Waals surface area contributed by atoms with Crippen LogP contribution in [0.1, 0.15) is 5.56 Å². The van der Waals surface area contributed by atoms with Crippen LogP contribution >= 0.6 is 0 Å². The molecule has 0 saturated heterocycles. The molecule has 24 heavy (non-hydrogen) atoms. The van der Waals surface area contributed by atoms with Crippen molar-refractivity contribution < 1.29 is 18.3 Å². The van der Waals surface area contributed by atoms with Crippen LogP contribution in [0.5, 0.6) is 5.75 Å². The van der Waals surface area contributed by atoms with Crippen molar-refractivity contribution in [3.63, 3.8) is 0 Å². The fourth-order valence-corrected chi connectivity index (χ4v) is 2.61. The molecule has 1 aromatic heterocycles. The molecule has 0 spiro atoms. The van der Waals surface area contributed by atoms with E-state index >= 15 is 0 Å². The summed E-state index contributed by atoms with van der Waals surface area (Å²) in [4.78, 5) is 12.1. The van der Waals surface area contributed by atoms with Gasteiger partial charge in [-0.2, -0.15) is 0 Å². The highest BCUT2D eigenvalue weighted by Crippen LogP contribution is 2.26. The summed E-state index contributed by atoms with van der Waals surface area (Å²) in [5.41, 5.74) is 0.700. The number of carbonyl (C=O) groups is 1. The number of hydrogen-bond donors (Lipinski definition) is 1. The van der Waals surface area contributed by atoms with Crippen molar-refractivity contribution in [3.05, 3.63) is 65.9 Å². The molecule has 3 rings (SSSR count). The first-order chi connectivity index (χ1) is 11.6. The monoisotopic (exact) mass is 330 g/mol. The van der Waals surface area contributed by atoms with Gasteiger partial charge in [-0.3, -0.25) is 4.79 Å². The molecule has 1 amide bonds. The first-order valence-electron chi connectivity index (χ1n) is 7.41. The molecule has 2 aromatic carbocycles. The third kappa shape index (κ3) is 3.08. The molecule has 124 valence electrons. The number of carbonyl (C=O) groups excluding carboxylic acids is 1. The van der Waals surface area contributed by atoms with E-state index in [0.717, 1.165) is 28.8 Å². The second kappa shape index (κ2) is 6.70. The number of halogens is 2. The van der Waals surface area contributed by atoms with Gasteiger partial charge in [0.2, 0.25) is 5.91 Å². The fourth-order valence-electron chi connectivity index (χ4n) is 2.61. The van der Waals surface area contributed by atoms with Gasteiger partial charge in [0.25, 0.3) is 0 Å². The van der Waals surface area contributed by atoms with Crippen LogP contribution in [0, 0.1) is 11.6 Å². The van der Waals surface area contributed by atoms with E-state index in [0.29, 0.717) is 0 Å². The lowest BCUT2D eigenvalue weighted by Gasteiger charge is -2.09. The van der Waals surface area contributed by atoms with Gasteiger partial charge in [0, 0.05) is 23.7 Å². The summed E-state index contributed by atoms with van der Waals surface area (Å²) in [5.74, 6) is -0.962. The van der Waals surface area contributed by atoms with Crippen LogP contribution in [0.4, 0.5) is 8.78 Å². The Labute approximate surface area is 137 Å². The molecule has 0 aliphatic heterocycles. The Morgan fingerprint density at radius 1 is 1.12 bits per heavy atom. The number of ether oxygens (including phenoxy) is 1. The summed E-state index contributed by atoms with van der Waals surface area (Å²) in [6.07, 6.45) is 1.77. The topological polar surface area (TPSA) is 43.3 Å². The minimum atomic E-state index is -0.675. The van der Waals surface area contributed by atoms with Crippen LogP contribution in [0.2, 0.25) is 0 Å². The van der Waals surface area contributed by atoms with Gasteiger partial charge < -0.3 is 14.6 Å². The van der Waals surface area contributed by atoms with Gasteiger partial charge in [-0.25, -0.2) is 8.78 Å². The minimum absolute atomic E-state index is 0.0484. The Kier molecular flexibility index (Phi) is 4.46. The van der Waals surface area contributed by atoms with Crippen molar-refractivity contribution in [2.45, 2.75) is 13.1 Å². The molecule has 0 atom stereocenters. The molecule has 6 heteroatoms. The van der Waals surface area contributed by atoms with Gasteiger partial charge in [-0.05, 0) is 30.3 Å². The smallest absolute Gasteiger partial charge is 0.240 e. The summed E-state index contributed by atoms with van der Waals surface area (Å²) < 4.78 is 34.2. The number of nitrogens with one attached hydrogen (secondary N) is 1. The van der Waals surface area contributed by atoms with E-state index in [1.165, 1.54) is 6.07 Å². The molecule has 0 bridgehead atoms. The maximum Gasteiger partial charge on any atom is 0.240 e. The molecular formula is C18H16F2N2O2. The van der Waals surface area contributed by atoms with Crippen LogP contribution in [0.15, 0.2) is 48.7 Å². The summed E-state index contributed by atoms with van der Waals surface area (Å²) >= 11 is 0. The Morgan fingerprint density at radius 2 is 1.83 bits per heavy atom. The number of benzene rings is 2. The molecule has 0 aliphatic rings. The number of hydrogen-bond acceptors (Lipinski definition) is 2. The largest absolute Gasteiger partial charge is 0.496 e. The highest BCUT2D eigenvalue weighted by Gasteiger charge is 2.12. The van der Waals surface area contributed by atoms with Gasteiger partial charge in [0.1, 0.15) is 23.9 Å². The van der Waals surface area contributed by atoms with Crippen molar-refractivity contribution in [1.29, 1.82) is 0 Å². The molecule has 0 fully saturated rings. The molecule has 0 unspecified atom stereocenters. The minimum Gasteiger partial charge on any atom is -0.496 e. The normalized spacial score (nSPS) is 10.8. The van der Waals surface area contributed by atoms with Crippen molar-refractivity contribution in [2.24, 2.45) is 0 Å². The summed E-state index contributed by atoms with van der Waals surface area (Å²) in [5, 5.41) is 3.44. The van der Waals surface area contributed by atoms with Crippen molar-refractivity contribution in [2.75, 3.05) is 7.11 Å². The molecular weight excluding hydrogens is 314 g/mol. The predicted molar refractivity (Wildman–Crippen MR) is 86.7 cm³/mol. The zero-order valence-corrected chi connectivity index (χ0v) is 13.1. The van der Waals surface area contributed by atoms with Crippen LogP contribution in [-0.2, 0) is 17.9 Å². The quantitative estimate of drug-likeness (QED) is 0.780. The van der Waals surface area contributed by atoms with E-state index in [4.69, 9.17) is 4.74 Å². The number of fused-ring (bicyclic) bond motifs is 1. The van der Waals surface area contributed by atoms with Gasteiger partial charge in [-0.1, -0.05) is 12.1 Å². The van der Waals surface area contributed by atoms with E-state index in [9.17, 15) is 13.6 Å².